The van der Waals surface area contributed by atoms with Crippen LogP contribution in [0.2, 0.25) is 0 Å². The first-order valence-corrected chi connectivity index (χ1v) is 10.7. The Labute approximate surface area is 166 Å². The van der Waals surface area contributed by atoms with E-state index in [0.717, 1.165) is 17.8 Å². The molecule has 0 saturated heterocycles. The van der Waals surface area contributed by atoms with Gasteiger partial charge in [-0.05, 0) is 49.2 Å². The number of nitrogens with zero attached hydrogens (tertiary/aromatic N) is 3. The molecular weight excluding hydrogens is 372 g/mol. The van der Waals surface area contributed by atoms with Crippen molar-refractivity contribution in [3.63, 3.8) is 0 Å². The van der Waals surface area contributed by atoms with Gasteiger partial charge in [-0.25, -0.2) is 13.4 Å². The predicted molar refractivity (Wildman–Crippen MR) is 111 cm³/mol. The maximum Gasteiger partial charge on any atom is 0.243 e. The molecule has 0 aliphatic heterocycles. The Morgan fingerprint density at radius 2 is 1.57 bits per heavy atom. The van der Waals surface area contributed by atoms with E-state index in [-0.39, 0.29) is 6.04 Å². The van der Waals surface area contributed by atoms with Crippen LogP contribution in [0.5, 0.6) is 0 Å². The van der Waals surface area contributed by atoms with Crippen LogP contribution in [0.1, 0.15) is 25.0 Å². The fourth-order valence-corrected chi connectivity index (χ4v) is 4.14. The second kappa shape index (κ2) is 8.68. The Hall–Kier alpha value is -2.48. The summed E-state index contributed by atoms with van der Waals surface area (Å²) in [6.07, 6.45) is 5.44. The highest BCUT2D eigenvalue weighted by atomic mass is 32.2. The molecule has 0 unspecified atom stereocenters. The number of rotatable bonds is 8. The SMILES string of the molecule is CC(C)N(C)S(=O)(=O)c1ccc(CNCc2ccc(-n3ccnc3)cc2)cc1. The highest BCUT2D eigenvalue weighted by molar-refractivity contribution is 7.89. The van der Waals surface area contributed by atoms with Gasteiger partial charge in [0.15, 0.2) is 0 Å². The minimum Gasteiger partial charge on any atom is -0.309 e. The molecule has 0 bridgehead atoms. The summed E-state index contributed by atoms with van der Waals surface area (Å²) < 4.78 is 28.3. The fourth-order valence-electron chi connectivity index (χ4n) is 2.77. The van der Waals surface area contributed by atoms with Gasteiger partial charge in [0.05, 0.1) is 11.2 Å². The smallest absolute Gasteiger partial charge is 0.243 e. The van der Waals surface area contributed by atoms with Gasteiger partial charge in [-0.15, -0.1) is 0 Å². The van der Waals surface area contributed by atoms with Gasteiger partial charge in [0.25, 0.3) is 0 Å². The van der Waals surface area contributed by atoms with Crippen LogP contribution in [-0.2, 0) is 23.1 Å². The summed E-state index contributed by atoms with van der Waals surface area (Å²) in [7, 11) is -1.83. The summed E-state index contributed by atoms with van der Waals surface area (Å²) in [5.41, 5.74) is 3.30. The Kier molecular flexibility index (Phi) is 6.28. The molecule has 7 heteroatoms. The third-order valence-electron chi connectivity index (χ3n) is 4.72. The minimum atomic E-state index is -3.43. The predicted octanol–water partition coefficient (Wildman–Crippen LogP) is 3.19. The largest absolute Gasteiger partial charge is 0.309 e. The summed E-state index contributed by atoms with van der Waals surface area (Å²) in [6.45, 7) is 5.12. The lowest BCUT2D eigenvalue weighted by atomic mass is 10.2. The van der Waals surface area contributed by atoms with E-state index in [1.807, 2.05) is 36.7 Å². The van der Waals surface area contributed by atoms with Crippen molar-refractivity contribution in [3.8, 4) is 5.69 Å². The average Bonchev–Trinajstić information content (AvgIpc) is 3.23. The van der Waals surface area contributed by atoms with E-state index >= 15 is 0 Å². The van der Waals surface area contributed by atoms with E-state index in [9.17, 15) is 8.42 Å². The second-order valence-corrected chi connectivity index (χ2v) is 9.00. The van der Waals surface area contributed by atoms with Crippen molar-refractivity contribution < 1.29 is 8.42 Å². The van der Waals surface area contributed by atoms with Crippen molar-refractivity contribution in [2.24, 2.45) is 0 Å². The summed E-state index contributed by atoms with van der Waals surface area (Å²) in [4.78, 5) is 4.38. The van der Waals surface area contributed by atoms with Crippen LogP contribution in [0.4, 0.5) is 0 Å². The number of imidazole rings is 1. The lowest BCUT2D eigenvalue weighted by Crippen LogP contribution is -2.33. The molecule has 0 aliphatic rings. The molecule has 0 spiro atoms. The van der Waals surface area contributed by atoms with Crippen molar-refractivity contribution in [1.29, 1.82) is 0 Å². The van der Waals surface area contributed by atoms with Crippen LogP contribution in [0.25, 0.3) is 5.69 Å². The third kappa shape index (κ3) is 4.67. The third-order valence-corrected chi connectivity index (χ3v) is 6.77. The Morgan fingerprint density at radius 3 is 2.07 bits per heavy atom. The van der Waals surface area contributed by atoms with Gasteiger partial charge in [-0.1, -0.05) is 24.3 Å². The molecule has 148 valence electrons. The van der Waals surface area contributed by atoms with Crippen LogP contribution < -0.4 is 5.32 Å². The van der Waals surface area contributed by atoms with Crippen molar-refractivity contribution in [2.45, 2.75) is 37.9 Å². The number of hydrogen-bond donors (Lipinski definition) is 1. The molecule has 2 aromatic carbocycles. The van der Waals surface area contributed by atoms with Crippen molar-refractivity contribution in [1.82, 2.24) is 19.2 Å². The zero-order chi connectivity index (χ0) is 20.1. The van der Waals surface area contributed by atoms with Gasteiger partial charge in [0.1, 0.15) is 0 Å². The Balaban J connectivity index is 1.55. The monoisotopic (exact) mass is 398 g/mol. The quantitative estimate of drug-likeness (QED) is 0.633. The highest BCUT2D eigenvalue weighted by Gasteiger charge is 2.22. The van der Waals surface area contributed by atoms with Gasteiger partial charge in [0, 0.05) is 44.3 Å². The molecule has 28 heavy (non-hydrogen) atoms. The molecule has 0 fully saturated rings. The molecule has 0 atom stereocenters. The highest BCUT2D eigenvalue weighted by Crippen LogP contribution is 2.17. The lowest BCUT2D eigenvalue weighted by Gasteiger charge is -2.21. The van der Waals surface area contributed by atoms with Gasteiger partial charge >= 0.3 is 0 Å². The topological polar surface area (TPSA) is 67.2 Å². The van der Waals surface area contributed by atoms with Gasteiger partial charge < -0.3 is 9.88 Å². The number of benzene rings is 2. The molecule has 0 radical (unpaired) electrons. The van der Waals surface area contributed by atoms with E-state index in [2.05, 4.69) is 34.6 Å². The second-order valence-electron chi connectivity index (χ2n) is 7.00. The van der Waals surface area contributed by atoms with Crippen molar-refractivity contribution in [3.05, 3.63) is 78.4 Å². The van der Waals surface area contributed by atoms with E-state index in [1.54, 1.807) is 31.7 Å². The van der Waals surface area contributed by atoms with Gasteiger partial charge in [0.2, 0.25) is 10.0 Å². The summed E-state index contributed by atoms with van der Waals surface area (Å²) >= 11 is 0. The number of hydrogen-bond acceptors (Lipinski definition) is 4. The molecule has 3 rings (SSSR count). The number of aromatic nitrogens is 2. The molecule has 0 saturated carbocycles. The molecule has 1 N–H and O–H groups in total. The Morgan fingerprint density at radius 1 is 1.00 bits per heavy atom. The average molecular weight is 399 g/mol. The van der Waals surface area contributed by atoms with Crippen molar-refractivity contribution >= 4 is 10.0 Å². The number of sulfonamides is 1. The molecule has 1 heterocycles. The number of nitrogens with one attached hydrogen (secondary N) is 1. The Bertz CT molecular complexity index is 980. The van der Waals surface area contributed by atoms with E-state index in [1.165, 1.54) is 9.87 Å². The maximum atomic E-state index is 12.5. The molecule has 0 aliphatic carbocycles. The molecule has 1 aromatic heterocycles. The summed E-state index contributed by atoms with van der Waals surface area (Å²) in [6, 6.07) is 15.3. The van der Waals surface area contributed by atoms with Crippen molar-refractivity contribution in [2.75, 3.05) is 7.05 Å². The fraction of sp³-hybridized carbons (Fsp3) is 0.286. The van der Waals surface area contributed by atoms with E-state index in [0.29, 0.717) is 11.4 Å². The van der Waals surface area contributed by atoms with Gasteiger partial charge in [-0.3, -0.25) is 0 Å². The lowest BCUT2D eigenvalue weighted by molar-refractivity contribution is 0.410. The van der Waals surface area contributed by atoms with Crippen LogP contribution in [0.3, 0.4) is 0 Å². The zero-order valence-electron chi connectivity index (χ0n) is 16.4. The van der Waals surface area contributed by atoms with Crippen LogP contribution >= 0.6 is 0 Å². The van der Waals surface area contributed by atoms with Gasteiger partial charge in [-0.2, -0.15) is 4.31 Å². The first kappa shape index (κ1) is 20.3. The molecule has 6 nitrogen and oxygen atoms in total. The first-order chi connectivity index (χ1) is 13.4. The standard InChI is InChI=1S/C21H26N4O2S/c1-17(2)24(3)28(26,27)21-10-6-19(7-11-21)15-23-14-18-4-8-20(9-5-18)25-13-12-22-16-25/h4-13,16-17,23H,14-15H2,1-3H3. The molecule has 3 aromatic rings. The summed E-state index contributed by atoms with van der Waals surface area (Å²) in [5, 5.41) is 3.39. The molecule has 0 amide bonds. The maximum absolute atomic E-state index is 12.5. The van der Waals surface area contributed by atoms with Crippen LogP contribution in [0.15, 0.2) is 72.1 Å². The van der Waals surface area contributed by atoms with Crippen LogP contribution in [-0.4, -0.2) is 35.4 Å². The first-order valence-electron chi connectivity index (χ1n) is 9.23. The zero-order valence-corrected chi connectivity index (χ0v) is 17.2. The van der Waals surface area contributed by atoms with E-state index < -0.39 is 10.0 Å². The normalized spacial score (nSPS) is 12.0. The summed E-state index contributed by atoms with van der Waals surface area (Å²) in [5.74, 6) is 0. The van der Waals surface area contributed by atoms with Crippen LogP contribution in [0, 0.1) is 0 Å². The minimum absolute atomic E-state index is 0.0773. The van der Waals surface area contributed by atoms with E-state index in [4.69, 9.17) is 0 Å². The molecular formula is C21H26N4O2S.